The summed E-state index contributed by atoms with van der Waals surface area (Å²) in [6, 6.07) is 11.6. The number of nitrogens with zero attached hydrogens (tertiary/aromatic N) is 2. The third-order valence-corrected chi connectivity index (χ3v) is 5.89. The quantitative estimate of drug-likeness (QED) is 0.536. The molecule has 0 unspecified atom stereocenters. The van der Waals surface area contributed by atoms with Crippen molar-refractivity contribution in [1.29, 1.82) is 0 Å². The zero-order chi connectivity index (χ0) is 21.3. The molecule has 1 aromatic heterocycles. The van der Waals surface area contributed by atoms with Gasteiger partial charge in [-0.1, -0.05) is 17.4 Å². The van der Waals surface area contributed by atoms with Gasteiger partial charge in [0.05, 0.1) is 5.56 Å². The van der Waals surface area contributed by atoms with Gasteiger partial charge in [-0.25, -0.2) is 13.8 Å². The summed E-state index contributed by atoms with van der Waals surface area (Å²) in [6.07, 6.45) is 0. The van der Waals surface area contributed by atoms with Crippen LogP contribution < -0.4 is 21.3 Å². The van der Waals surface area contributed by atoms with E-state index in [4.69, 9.17) is 5.73 Å². The summed E-state index contributed by atoms with van der Waals surface area (Å²) in [4.78, 5) is 19.0. The highest BCUT2D eigenvalue weighted by Gasteiger charge is 2.24. The highest BCUT2D eigenvalue weighted by Crippen LogP contribution is 2.31. The normalized spacial score (nSPS) is 16.5. The van der Waals surface area contributed by atoms with E-state index in [9.17, 15) is 13.6 Å². The number of hydrogen-bond acceptors (Lipinski definition) is 7. The number of halogens is 2. The average Bonchev–Trinajstić information content (AvgIpc) is 3.08. The van der Waals surface area contributed by atoms with Crippen LogP contribution in [0.4, 0.5) is 31.1 Å². The zero-order valence-corrected chi connectivity index (χ0v) is 17.1. The Morgan fingerprint density at radius 1 is 1.23 bits per heavy atom. The molecule has 0 amide bonds. The molecule has 6 nitrogen and oxygen atoms in total. The molecule has 3 aromatic rings. The lowest BCUT2D eigenvalue weighted by molar-refractivity contribution is 0.103. The van der Waals surface area contributed by atoms with Crippen molar-refractivity contribution in [1.82, 2.24) is 10.3 Å². The number of hydrogen-bond donors (Lipinski definition) is 3. The lowest BCUT2D eigenvalue weighted by Crippen LogP contribution is -2.49. The Morgan fingerprint density at radius 3 is 2.60 bits per heavy atom. The van der Waals surface area contributed by atoms with Crippen LogP contribution in [0.25, 0.3) is 0 Å². The van der Waals surface area contributed by atoms with Gasteiger partial charge in [-0.15, -0.1) is 0 Å². The second-order valence-corrected chi connectivity index (χ2v) is 8.13. The van der Waals surface area contributed by atoms with E-state index in [2.05, 4.69) is 27.4 Å². The van der Waals surface area contributed by atoms with Gasteiger partial charge in [-0.3, -0.25) is 4.79 Å². The number of nitrogens with two attached hydrogens (primary N) is 1. The summed E-state index contributed by atoms with van der Waals surface area (Å²) in [5.74, 6) is -2.75. The van der Waals surface area contributed by atoms with Gasteiger partial charge in [0.15, 0.2) is 5.13 Å². The maximum atomic E-state index is 13.9. The molecule has 0 radical (unpaired) electrons. The monoisotopic (exact) mass is 429 g/mol. The number of nitrogen functional groups attached to an aromatic ring is 1. The van der Waals surface area contributed by atoms with E-state index in [-0.39, 0.29) is 10.7 Å². The van der Waals surface area contributed by atoms with Crippen LogP contribution in [0.5, 0.6) is 0 Å². The van der Waals surface area contributed by atoms with Crippen molar-refractivity contribution in [2.45, 2.75) is 13.0 Å². The molecule has 4 rings (SSSR count). The fourth-order valence-electron chi connectivity index (χ4n) is 3.42. The molecule has 1 saturated heterocycles. The standard InChI is InChI=1S/C21H21F2N5OS/c1-12-11-28(10-9-25-12)14-7-5-13(6-8-14)26-21-27-20(24)19(30-21)18(29)17-15(22)3-2-4-16(17)23/h2-8,12,25H,9-11,24H2,1H3,(H,26,27)/t12-/m1/s1. The molecule has 30 heavy (non-hydrogen) atoms. The van der Waals surface area contributed by atoms with Crippen LogP contribution in [0.3, 0.4) is 0 Å². The second kappa shape index (κ2) is 8.37. The number of nitrogens with one attached hydrogen (secondary N) is 2. The van der Waals surface area contributed by atoms with Gasteiger partial charge >= 0.3 is 0 Å². The molecule has 156 valence electrons. The van der Waals surface area contributed by atoms with Crippen LogP contribution in [0.2, 0.25) is 0 Å². The summed E-state index contributed by atoms with van der Waals surface area (Å²) < 4.78 is 27.9. The van der Waals surface area contributed by atoms with E-state index in [0.29, 0.717) is 11.2 Å². The predicted octanol–water partition coefficient (Wildman–Crippen LogP) is 3.78. The maximum Gasteiger partial charge on any atom is 0.212 e. The van der Waals surface area contributed by atoms with Crippen molar-refractivity contribution >= 4 is 39.4 Å². The highest BCUT2D eigenvalue weighted by atomic mass is 32.1. The van der Waals surface area contributed by atoms with Crippen molar-refractivity contribution in [3.05, 3.63) is 64.5 Å². The SMILES string of the molecule is C[C@@H]1CN(c2ccc(Nc3nc(N)c(C(=O)c4c(F)cccc4F)s3)cc2)CCN1. The third-order valence-electron chi connectivity index (χ3n) is 4.90. The molecule has 0 aliphatic carbocycles. The molecule has 2 aromatic carbocycles. The molecular formula is C21H21F2N5OS. The van der Waals surface area contributed by atoms with Gasteiger partial charge in [0.1, 0.15) is 22.3 Å². The van der Waals surface area contributed by atoms with Crippen molar-refractivity contribution in [2.75, 3.05) is 35.6 Å². The first kappa shape index (κ1) is 20.2. The Balaban J connectivity index is 1.50. The number of aromatic nitrogens is 1. The van der Waals surface area contributed by atoms with E-state index < -0.39 is 23.0 Å². The van der Waals surface area contributed by atoms with Crippen LogP contribution in [-0.4, -0.2) is 36.4 Å². The number of carbonyl (C=O) groups excluding carboxylic acids is 1. The lowest BCUT2D eigenvalue weighted by Gasteiger charge is -2.33. The molecule has 1 aliphatic heterocycles. The first-order valence-corrected chi connectivity index (χ1v) is 10.3. The van der Waals surface area contributed by atoms with Gasteiger partial charge < -0.3 is 21.3 Å². The summed E-state index contributed by atoms with van der Waals surface area (Å²) in [7, 11) is 0. The van der Waals surface area contributed by atoms with E-state index in [0.717, 1.165) is 54.5 Å². The minimum Gasteiger partial charge on any atom is -0.382 e. The van der Waals surface area contributed by atoms with Crippen molar-refractivity contribution < 1.29 is 13.6 Å². The smallest absolute Gasteiger partial charge is 0.212 e. The van der Waals surface area contributed by atoms with Crippen molar-refractivity contribution in [2.24, 2.45) is 0 Å². The van der Waals surface area contributed by atoms with Crippen molar-refractivity contribution in [3.63, 3.8) is 0 Å². The van der Waals surface area contributed by atoms with Gasteiger partial charge in [0, 0.05) is 37.1 Å². The fraction of sp³-hybridized carbons (Fsp3) is 0.238. The van der Waals surface area contributed by atoms with E-state index >= 15 is 0 Å². The summed E-state index contributed by atoms with van der Waals surface area (Å²) in [5, 5.41) is 6.88. The van der Waals surface area contributed by atoms with Gasteiger partial charge in [-0.05, 0) is 43.3 Å². The molecule has 1 atom stereocenters. The Bertz CT molecular complexity index is 1050. The average molecular weight is 429 g/mol. The summed E-state index contributed by atoms with van der Waals surface area (Å²) >= 11 is 0.958. The van der Waals surface area contributed by atoms with E-state index in [1.165, 1.54) is 6.07 Å². The summed E-state index contributed by atoms with van der Waals surface area (Å²) in [6.45, 7) is 4.98. The molecule has 4 N–H and O–H groups in total. The van der Waals surface area contributed by atoms with Crippen LogP contribution in [-0.2, 0) is 0 Å². The number of thiazole rings is 1. The van der Waals surface area contributed by atoms with Crippen molar-refractivity contribution in [3.8, 4) is 0 Å². The topological polar surface area (TPSA) is 83.3 Å². The second-order valence-electron chi connectivity index (χ2n) is 7.13. The van der Waals surface area contributed by atoms with Crippen LogP contribution >= 0.6 is 11.3 Å². The Labute approximate surface area is 176 Å². The van der Waals surface area contributed by atoms with E-state index in [1.807, 2.05) is 24.3 Å². The number of rotatable bonds is 5. The first-order valence-electron chi connectivity index (χ1n) is 9.53. The lowest BCUT2D eigenvalue weighted by atomic mass is 10.1. The summed E-state index contributed by atoms with van der Waals surface area (Å²) in [5.41, 5.74) is 7.11. The Kier molecular flexibility index (Phi) is 5.65. The molecule has 2 heterocycles. The third kappa shape index (κ3) is 4.12. The number of carbonyl (C=O) groups is 1. The minimum atomic E-state index is -0.930. The number of benzene rings is 2. The largest absolute Gasteiger partial charge is 0.382 e. The van der Waals surface area contributed by atoms with Gasteiger partial charge in [0.2, 0.25) is 5.78 Å². The minimum absolute atomic E-state index is 0.00655. The molecule has 1 fully saturated rings. The molecule has 0 spiro atoms. The highest BCUT2D eigenvalue weighted by molar-refractivity contribution is 7.18. The van der Waals surface area contributed by atoms with E-state index in [1.54, 1.807) is 0 Å². The molecule has 0 saturated carbocycles. The molecular weight excluding hydrogens is 408 g/mol. The maximum absolute atomic E-state index is 13.9. The number of ketones is 1. The Morgan fingerprint density at radius 2 is 1.93 bits per heavy atom. The molecule has 9 heteroatoms. The zero-order valence-electron chi connectivity index (χ0n) is 16.3. The van der Waals surface area contributed by atoms with Crippen LogP contribution in [0.15, 0.2) is 42.5 Å². The number of anilines is 4. The molecule has 1 aliphatic rings. The molecule has 0 bridgehead atoms. The number of piperazine rings is 1. The predicted molar refractivity (Wildman–Crippen MR) is 116 cm³/mol. The fourth-order valence-corrected chi connectivity index (χ4v) is 4.27. The Hall–Kier alpha value is -3.04. The van der Waals surface area contributed by atoms with Crippen LogP contribution in [0.1, 0.15) is 22.2 Å². The van der Waals surface area contributed by atoms with Gasteiger partial charge in [0.25, 0.3) is 0 Å². The van der Waals surface area contributed by atoms with Gasteiger partial charge in [-0.2, -0.15) is 0 Å². The first-order chi connectivity index (χ1) is 14.4. The van der Waals surface area contributed by atoms with Crippen LogP contribution in [0, 0.1) is 11.6 Å².